The van der Waals surface area contributed by atoms with E-state index in [9.17, 15) is 0 Å². The zero-order valence-electron chi connectivity index (χ0n) is 8.19. The Morgan fingerprint density at radius 1 is 1.08 bits per heavy atom. The van der Waals surface area contributed by atoms with Crippen LogP contribution in [0, 0.1) is 0 Å². The lowest BCUT2D eigenvalue weighted by Gasteiger charge is -2.10. The molecule has 0 aliphatic heterocycles. The summed E-state index contributed by atoms with van der Waals surface area (Å²) in [6.45, 7) is 0. The lowest BCUT2D eigenvalue weighted by molar-refractivity contribution is 0.906. The minimum atomic E-state index is 0.750. The van der Waals surface area contributed by atoms with E-state index in [-0.39, 0.29) is 0 Å². The van der Waals surface area contributed by atoms with Crippen LogP contribution < -0.4 is 0 Å². The van der Waals surface area contributed by atoms with E-state index in [1.807, 2.05) is 23.5 Å². The Bertz CT molecular complexity index is 217. The Morgan fingerprint density at radius 2 is 1.69 bits per heavy atom. The summed E-state index contributed by atoms with van der Waals surface area (Å²) < 4.78 is 0.750. The van der Waals surface area contributed by atoms with Crippen molar-refractivity contribution in [1.29, 1.82) is 0 Å². The predicted octanol–water partition coefficient (Wildman–Crippen LogP) is 3.67. The minimum Gasteiger partial charge on any atom is -0.151 e. The van der Waals surface area contributed by atoms with Crippen molar-refractivity contribution in [2.24, 2.45) is 0 Å². The lowest BCUT2D eigenvalue weighted by atomic mass is 10.1. The second-order valence-corrected chi connectivity index (χ2v) is 5.30. The summed E-state index contributed by atoms with van der Waals surface area (Å²) in [5, 5.41) is 0. The summed E-state index contributed by atoms with van der Waals surface area (Å²) in [6.07, 6.45) is 6.85. The van der Waals surface area contributed by atoms with Gasteiger partial charge in [0.05, 0.1) is 0 Å². The highest BCUT2D eigenvalue weighted by Gasteiger charge is 2.03. The average molecular weight is 212 g/mol. The maximum Gasteiger partial charge on any atom is 0.0500 e. The van der Waals surface area contributed by atoms with Crippen LogP contribution >= 0.6 is 23.5 Å². The van der Waals surface area contributed by atoms with Crippen molar-refractivity contribution in [2.75, 3.05) is 12.5 Å². The fourth-order valence-electron chi connectivity index (χ4n) is 1.26. The molecule has 0 unspecified atom stereocenters. The fourth-order valence-corrected chi connectivity index (χ4v) is 2.74. The maximum absolute atomic E-state index is 2.21. The average Bonchev–Trinajstić information content (AvgIpc) is 2.21. The Morgan fingerprint density at radius 3 is 2.23 bits per heavy atom. The van der Waals surface area contributed by atoms with E-state index in [0.717, 1.165) is 4.58 Å². The molecule has 1 aromatic rings. The number of hydrogen-bond acceptors (Lipinski definition) is 2. The van der Waals surface area contributed by atoms with Crippen LogP contribution in [0.25, 0.3) is 0 Å². The van der Waals surface area contributed by atoms with Crippen LogP contribution in [0.2, 0.25) is 0 Å². The molecule has 0 aromatic heterocycles. The standard InChI is InChI=1S/C11H16S2/c1-12-11(13-2)9-8-10-6-4-3-5-7-10/h3-7,11H,8-9H2,1-2H3. The van der Waals surface area contributed by atoms with Crippen LogP contribution in [-0.2, 0) is 6.42 Å². The predicted molar refractivity (Wildman–Crippen MR) is 65.6 cm³/mol. The molecule has 0 atom stereocenters. The first-order valence-electron chi connectivity index (χ1n) is 4.46. The molecule has 72 valence electrons. The normalized spacial score (nSPS) is 10.7. The van der Waals surface area contributed by atoms with Gasteiger partial charge in [0.1, 0.15) is 0 Å². The van der Waals surface area contributed by atoms with Crippen molar-refractivity contribution in [2.45, 2.75) is 17.4 Å². The summed E-state index contributed by atoms with van der Waals surface area (Å²) >= 11 is 3.90. The van der Waals surface area contributed by atoms with Crippen molar-refractivity contribution >= 4 is 23.5 Å². The van der Waals surface area contributed by atoms with Gasteiger partial charge >= 0.3 is 0 Å². The molecule has 0 bridgehead atoms. The molecule has 0 radical (unpaired) electrons. The van der Waals surface area contributed by atoms with Gasteiger partial charge in [0, 0.05) is 4.58 Å². The van der Waals surface area contributed by atoms with Gasteiger partial charge in [-0.15, -0.1) is 0 Å². The van der Waals surface area contributed by atoms with E-state index in [4.69, 9.17) is 0 Å². The van der Waals surface area contributed by atoms with Crippen LogP contribution in [0.5, 0.6) is 0 Å². The maximum atomic E-state index is 2.21. The highest BCUT2D eigenvalue weighted by atomic mass is 32.2. The third kappa shape index (κ3) is 4.10. The topological polar surface area (TPSA) is 0 Å². The summed E-state index contributed by atoms with van der Waals surface area (Å²) in [7, 11) is 0. The Labute approximate surface area is 89.5 Å². The van der Waals surface area contributed by atoms with Gasteiger partial charge in [-0.05, 0) is 30.9 Å². The molecule has 0 amide bonds. The first-order chi connectivity index (χ1) is 6.36. The van der Waals surface area contributed by atoms with Gasteiger partial charge in [-0.3, -0.25) is 0 Å². The molecule has 0 fully saturated rings. The Kier molecular flexibility index (Phi) is 5.40. The van der Waals surface area contributed by atoms with Gasteiger partial charge in [-0.1, -0.05) is 30.3 Å². The van der Waals surface area contributed by atoms with E-state index in [1.54, 1.807) is 0 Å². The van der Waals surface area contributed by atoms with Crippen molar-refractivity contribution in [3.8, 4) is 0 Å². The summed E-state index contributed by atoms with van der Waals surface area (Å²) in [5.41, 5.74) is 1.45. The quantitative estimate of drug-likeness (QED) is 0.683. The molecular weight excluding hydrogens is 196 g/mol. The van der Waals surface area contributed by atoms with E-state index in [2.05, 4.69) is 42.8 Å². The summed E-state index contributed by atoms with van der Waals surface area (Å²) in [4.78, 5) is 0. The van der Waals surface area contributed by atoms with Crippen molar-refractivity contribution < 1.29 is 0 Å². The zero-order chi connectivity index (χ0) is 9.52. The molecule has 0 heterocycles. The zero-order valence-corrected chi connectivity index (χ0v) is 9.83. The number of rotatable bonds is 5. The largest absolute Gasteiger partial charge is 0.151 e. The van der Waals surface area contributed by atoms with Crippen molar-refractivity contribution in [3.05, 3.63) is 35.9 Å². The van der Waals surface area contributed by atoms with Crippen LogP contribution in [0.1, 0.15) is 12.0 Å². The van der Waals surface area contributed by atoms with E-state index >= 15 is 0 Å². The van der Waals surface area contributed by atoms with Gasteiger partial charge in [0.25, 0.3) is 0 Å². The highest BCUT2D eigenvalue weighted by molar-refractivity contribution is 8.16. The monoisotopic (exact) mass is 212 g/mol. The van der Waals surface area contributed by atoms with Gasteiger partial charge in [-0.2, -0.15) is 23.5 Å². The number of thioether (sulfide) groups is 2. The highest BCUT2D eigenvalue weighted by Crippen LogP contribution is 2.23. The molecule has 13 heavy (non-hydrogen) atoms. The van der Waals surface area contributed by atoms with Crippen LogP contribution in [0.15, 0.2) is 30.3 Å². The van der Waals surface area contributed by atoms with E-state index in [0.29, 0.717) is 0 Å². The Hall–Kier alpha value is -0.0800. The lowest BCUT2D eigenvalue weighted by Crippen LogP contribution is -1.97. The van der Waals surface area contributed by atoms with Gasteiger partial charge in [0.15, 0.2) is 0 Å². The van der Waals surface area contributed by atoms with Gasteiger partial charge in [-0.25, -0.2) is 0 Å². The fraction of sp³-hybridized carbons (Fsp3) is 0.455. The molecule has 2 heteroatoms. The Balaban J connectivity index is 2.34. The first-order valence-corrected chi connectivity index (χ1v) is 7.04. The molecular formula is C11H16S2. The third-order valence-corrected chi connectivity index (χ3v) is 4.71. The van der Waals surface area contributed by atoms with Crippen LogP contribution in [0.4, 0.5) is 0 Å². The van der Waals surface area contributed by atoms with E-state index in [1.165, 1.54) is 18.4 Å². The first kappa shape index (κ1) is 11.0. The smallest absolute Gasteiger partial charge is 0.0500 e. The van der Waals surface area contributed by atoms with Crippen LogP contribution in [0.3, 0.4) is 0 Å². The SMILES string of the molecule is CSC(CCc1ccccc1)SC. The molecule has 0 spiro atoms. The minimum absolute atomic E-state index is 0.750. The molecule has 0 N–H and O–H groups in total. The molecule has 0 saturated carbocycles. The summed E-state index contributed by atoms with van der Waals surface area (Å²) in [5.74, 6) is 0. The van der Waals surface area contributed by atoms with E-state index < -0.39 is 0 Å². The van der Waals surface area contributed by atoms with Gasteiger partial charge < -0.3 is 0 Å². The molecule has 0 nitrogen and oxygen atoms in total. The van der Waals surface area contributed by atoms with Crippen LogP contribution in [-0.4, -0.2) is 17.1 Å². The second kappa shape index (κ2) is 6.39. The number of benzene rings is 1. The molecule has 0 aliphatic carbocycles. The summed E-state index contributed by atoms with van der Waals surface area (Å²) in [6, 6.07) is 10.7. The molecule has 0 aliphatic rings. The molecule has 1 rings (SSSR count). The number of aryl methyl sites for hydroxylation is 1. The molecule has 1 aromatic carbocycles. The van der Waals surface area contributed by atoms with Crippen molar-refractivity contribution in [1.82, 2.24) is 0 Å². The van der Waals surface area contributed by atoms with Gasteiger partial charge in [0.2, 0.25) is 0 Å². The third-order valence-electron chi connectivity index (χ3n) is 2.04. The van der Waals surface area contributed by atoms with Crippen molar-refractivity contribution in [3.63, 3.8) is 0 Å². The number of hydrogen-bond donors (Lipinski definition) is 0. The molecule has 0 saturated heterocycles. The second-order valence-electron chi connectivity index (χ2n) is 2.93.